The van der Waals surface area contributed by atoms with Gasteiger partial charge < -0.3 is 19.5 Å². The molecular weight excluding hydrogens is 336 g/mol. The molecule has 0 radical (unpaired) electrons. The molecule has 0 aromatic heterocycles. The number of carboxylic acid groups (broad SMARTS) is 1. The lowest BCUT2D eigenvalue weighted by atomic mass is 10.2. The van der Waals surface area contributed by atoms with Gasteiger partial charge in [0, 0.05) is 37.9 Å². The minimum atomic E-state index is -3.17. The number of aliphatic carboxylic acids is 1. The van der Waals surface area contributed by atoms with E-state index in [0.717, 1.165) is 6.07 Å². The van der Waals surface area contributed by atoms with E-state index in [1.54, 1.807) is 4.90 Å². The van der Waals surface area contributed by atoms with Crippen molar-refractivity contribution in [3.05, 3.63) is 18.2 Å². The molecule has 0 spiro atoms. The maximum absolute atomic E-state index is 12.4. The number of hydrogen-bond acceptors (Lipinski definition) is 5. The van der Waals surface area contributed by atoms with Crippen LogP contribution in [-0.4, -0.2) is 61.9 Å². The zero-order chi connectivity index (χ0) is 17.7. The van der Waals surface area contributed by atoms with Gasteiger partial charge in [0.25, 0.3) is 0 Å². The molecule has 0 atom stereocenters. The van der Waals surface area contributed by atoms with Gasteiger partial charge in [-0.25, -0.2) is 0 Å². The van der Waals surface area contributed by atoms with Crippen LogP contribution < -0.4 is 14.4 Å². The lowest BCUT2D eigenvalue weighted by molar-refractivity contribution is -0.138. The van der Waals surface area contributed by atoms with Crippen molar-refractivity contribution in [2.24, 2.45) is 0 Å². The van der Waals surface area contributed by atoms with E-state index in [0.29, 0.717) is 31.9 Å². The van der Waals surface area contributed by atoms with Gasteiger partial charge in [-0.3, -0.25) is 9.69 Å². The molecule has 1 saturated heterocycles. The van der Waals surface area contributed by atoms with Crippen LogP contribution in [0, 0.1) is 0 Å². The molecule has 0 amide bonds. The molecule has 10 heteroatoms. The van der Waals surface area contributed by atoms with E-state index in [1.165, 1.54) is 12.1 Å². The van der Waals surface area contributed by atoms with Crippen molar-refractivity contribution in [1.82, 2.24) is 4.90 Å². The van der Waals surface area contributed by atoms with Gasteiger partial charge in [0.15, 0.2) is 11.5 Å². The second-order valence-corrected chi connectivity index (χ2v) is 5.04. The Kier molecular flexibility index (Phi) is 6.07. The maximum atomic E-state index is 12.4. The number of carbonyl (C=O) groups is 1. The summed E-state index contributed by atoms with van der Waals surface area (Å²) in [6.45, 7) is -4.51. The molecule has 0 saturated carbocycles. The molecule has 1 aromatic carbocycles. The van der Waals surface area contributed by atoms with E-state index in [4.69, 9.17) is 5.11 Å². The molecule has 1 aliphatic heterocycles. The van der Waals surface area contributed by atoms with E-state index >= 15 is 0 Å². The summed E-state index contributed by atoms with van der Waals surface area (Å²) in [5.74, 6) is -1.88. The number of halogens is 4. The van der Waals surface area contributed by atoms with E-state index in [1.807, 2.05) is 4.90 Å². The minimum absolute atomic E-state index is 0.0747. The van der Waals surface area contributed by atoms with Crippen molar-refractivity contribution < 1.29 is 36.9 Å². The van der Waals surface area contributed by atoms with Crippen molar-refractivity contribution in [2.75, 3.05) is 37.6 Å². The highest BCUT2D eigenvalue weighted by Crippen LogP contribution is 2.34. The Labute approximate surface area is 135 Å². The van der Waals surface area contributed by atoms with E-state index in [-0.39, 0.29) is 6.54 Å². The topological polar surface area (TPSA) is 62.2 Å². The molecule has 1 N–H and O–H groups in total. The molecule has 0 aliphatic carbocycles. The lowest BCUT2D eigenvalue weighted by Gasteiger charge is -2.35. The Bertz CT molecular complexity index is 566. The van der Waals surface area contributed by atoms with E-state index < -0.39 is 30.7 Å². The Morgan fingerprint density at radius 3 is 2.17 bits per heavy atom. The fourth-order valence-electron chi connectivity index (χ4n) is 2.43. The van der Waals surface area contributed by atoms with Gasteiger partial charge in [-0.05, 0) is 12.1 Å². The molecule has 1 fully saturated rings. The number of benzene rings is 1. The quantitative estimate of drug-likeness (QED) is 0.759. The molecule has 6 nitrogen and oxygen atoms in total. The number of carboxylic acids is 1. The van der Waals surface area contributed by atoms with Gasteiger partial charge in [-0.1, -0.05) is 0 Å². The highest BCUT2D eigenvalue weighted by Gasteiger charge is 2.21. The van der Waals surface area contributed by atoms with Crippen molar-refractivity contribution in [2.45, 2.75) is 13.2 Å². The van der Waals surface area contributed by atoms with E-state index in [9.17, 15) is 22.4 Å². The van der Waals surface area contributed by atoms with Crippen molar-refractivity contribution in [1.29, 1.82) is 0 Å². The van der Waals surface area contributed by atoms with Crippen molar-refractivity contribution >= 4 is 11.7 Å². The zero-order valence-electron chi connectivity index (χ0n) is 12.5. The number of piperazine rings is 1. The molecule has 2 rings (SSSR count). The molecular formula is C14H16F4N2O4. The maximum Gasteiger partial charge on any atom is 0.387 e. The van der Waals surface area contributed by atoms with Crippen molar-refractivity contribution in [3.8, 4) is 11.5 Å². The van der Waals surface area contributed by atoms with Gasteiger partial charge in [0.2, 0.25) is 0 Å². The van der Waals surface area contributed by atoms with Crippen LogP contribution in [0.2, 0.25) is 0 Å². The third-order valence-corrected chi connectivity index (χ3v) is 3.46. The Morgan fingerprint density at radius 2 is 1.62 bits per heavy atom. The number of hydrogen-bond donors (Lipinski definition) is 1. The standard InChI is InChI=1S/C14H16F4N2O4/c15-13(16)23-10-2-1-9(7-11(10)24-14(17)18)20-5-3-19(4-6-20)8-12(21)22/h1-2,7,13-14H,3-6,8H2,(H,21,22). The number of alkyl halides is 4. The van der Waals surface area contributed by atoms with Crippen LogP contribution in [0.1, 0.15) is 0 Å². The summed E-state index contributed by atoms with van der Waals surface area (Å²) >= 11 is 0. The third-order valence-electron chi connectivity index (χ3n) is 3.46. The van der Waals surface area contributed by atoms with Crippen LogP contribution in [0.25, 0.3) is 0 Å². The number of rotatable bonds is 7. The van der Waals surface area contributed by atoms with Gasteiger partial charge in [0.1, 0.15) is 0 Å². The smallest absolute Gasteiger partial charge is 0.387 e. The van der Waals surface area contributed by atoms with Crippen LogP contribution in [0.4, 0.5) is 23.2 Å². The summed E-state index contributed by atoms with van der Waals surface area (Å²) in [7, 11) is 0. The third kappa shape index (κ3) is 5.15. The average Bonchev–Trinajstić information content (AvgIpc) is 2.48. The first-order valence-corrected chi connectivity index (χ1v) is 7.08. The zero-order valence-corrected chi connectivity index (χ0v) is 12.5. The fourth-order valence-corrected chi connectivity index (χ4v) is 2.43. The SMILES string of the molecule is O=C(O)CN1CCN(c2ccc(OC(F)F)c(OC(F)F)c2)CC1. The normalized spacial score (nSPS) is 15.8. The predicted octanol–water partition coefficient (Wildman–Crippen LogP) is 2.10. The van der Waals surface area contributed by atoms with Crippen LogP contribution in [-0.2, 0) is 4.79 Å². The summed E-state index contributed by atoms with van der Waals surface area (Å²) in [5.41, 5.74) is 0.502. The van der Waals surface area contributed by atoms with Crippen LogP contribution in [0.3, 0.4) is 0 Å². The Hall–Kier alpha value is -2.23. The second-order valence-electron chi connectivity index (χ2n) is 5.04. The fraction of sp³-hybridized carbons (Fsp3) is 0.500. The van der Waals surface area contributed by atoms with Crippen molar-refractivity contribution in [3.63, 3.8) is 0 Å². The van der Waals surface area contributed by atoms with Gasteiger partial charge in [-0.2, -0.15) is 17.6 Å². The predicted molar refractivity (Wildman–Crippen MR) is 76.0 cm³/mol. The highest BCUT2D eigenvalue weighted by molar-refractivity contribution is 5.69. The molecule has 24 heavy (non-hydrogen) atoms. The first kappa shape index (κ1) is 18.1. The van der Waals surface area contributed by atoms with Crippen LogP contribution in [0.5, 0.6) is 11.5 Å². The molecule has 1 heterocycles. The van der Waals surface area contributed by atoms with Gasteiger partial charge >= 0.3 is 19.2 Å². The summed E-state index contributed by atoms with van der Waals surface area (Å²) < 4.78 is 57.9. The molecule has 0 unspecified atom stereocenters. The highest BCUT2D eigenvalue weighted by atomic mass is 19.3. The first-order chi connectivity index (χ1) is 11.3. The molecule has 134 valence electrons. The first-order valence-electron chi connectivity index (χ1n) is 7.08. The molecule has 1 aromatic rings. The Balaban J connectivity index is 2.09. The van der Waals surface area contributed by atoms with Crippen LogP contribution >= 0.6 is 0 Å². The monoisotopic (exact) mass is 352 g/mol. The Morgan fingerprint density at radius 1 is 1.04 bits per heavy atom. The number of ether oxygens (including phenoxy) is 2. The number of anilines is 1. The molecule has 0 bridgehead atoms. The van der Waals surface area contributed by atoms with Gasteiger partial charge in [-0.15, -0.1) is 0 Å². The largest absolute Gasteiger partial charge is 0.480 e. The second kappa shape index (κ2) is 8.04. The van der Waals surface area contributed by atoms with Crippen LogP contribution in [0.15, 0.2) is 18.2 Å². The minimum Gasteiger partial charge on any atom is -0.480 e. The number of nitrogens with zero attached hydrogens (tertiary/aromatic N) is 2. The summed E-state index contributed by atoms with van der Waals surface area (Å²) in [4.78, 5) is 14.2. The average molecular weight is 352 g/mol. The molecule has 1 aliphatic rings. The summed E-state index contributed by atoms with van der Waals surface area (Å²) in [5, 5.41) is 8.75. The van der Waals surface area contributed by atoms with E-state index in [2.05, 4.69) is 9.47 Å². The summed E-state index contributed by atoms with van der Waals surface area (Å²) in [6.07, 6.45) is 0. The summed E-state index contributed by atoms with van der Waals surface area (Å²) in [6, 6.07) is 3.81. The lowest BCUT2D eigenvalue weighted by Crippen LogP contribution is -2.48. The van der Waals surface area contributed by atoms with Gasteiger partial charge in [0.05, 0.1) is 6.54 Å².